The van der Waals surface area contributed by atoms with Gasteiger partial charge in [-0.2, -0.15) is 0 Å². The van der Waals surface area contributed by atoms with Gasteiger partial charge in [-0.05, 0) is 25.3 Å². The minimum atomic E-state index is -0.305. The average Bonchev–Trinajstić information content (AvgIpc) is 3.13. The van der Waals surface area contributed by atoms with E-state index in [1.54, 1.807) is 0 Å². The Balaban J connectivity index is 1.95. The second kappa shape index (κ2) is 5.96. The molecule has 1 aliphatic carbocycles. The maximum atomic E-state index is 13.1. The molecule has 0 bridgehead atoms. The first-order valence-corrected chi connectivity index (χ1v) is 6.30. The van der Waals surface area contributed by atoms with Crippen molar-refractivity contribution in [2.24, 2.45) is 0 Å². The van der Waals surface area contributed by atoms with Gasteiger partial charge in [0.25, 0.3) is 0 Å². The van der Waals surface area contributed by atoms with Crippen LogP contribution in [-0.2, 0) is 6.54 Å². The molecule has 1 fully saturated rings. The Bertz CT molecular complexity index is 366. The summed E-state index contributed by atoms with van der Waals surface area (Å²) in [5.41, 5.74) is 0.813. The first kappa shape index (κ1) is 12.3. The number of nitrogens with one attached hydrogen (secondary N) is 1. The summed E-state index contributed by atoms with van der Waals surface area (Å²) in [4.78, 5) is 4.01. The summed E-state index contributed by atoms with van der Waals surface area (Å²) in [6.07, 6.45) is 5.72. The Hall–Kier alpha value is -1.16. The molecule has 2 rings (SSSR count). The lowest BCUT2D eigenvalue weighted by Crippen LogP contribution is -2.17. The molecule has 3 nitrogen and oxygen atoms in total. The number of halogens is 1. The summed E-state index contributed by atoms with van der Waals surface area (Å²) in [5, 5.41) is 3.34. The van der Waals surface area contributed by atoms with Gasteiger partial charge in [0, 0.05) is 18.2 Å². The Labute approximate surface area is 101 Å². The smallest absolute Gasteiger partial charge is 0.218 e. The van der Waals surface area contributed by atoms with Crippen LogP contribution in [0, 0.1) is 5.82 Å². The van der Waals surface area contributed by atoms with E-state index < -0.39 is 0 Å². The van der Waals surface area contributed by atoms with Gasteiger partial charge in [-0.25, -0.2) is 9.37 Å². The third kappa shape index (κ3) is 3.97. The topological polar surface area (TPSA) is 34.1 Å². The molecular formula is C13H19FN2O. The Morgan fingerprint density at radius 2 is 2.35 bits per heavy atom. The quantitative estimate of drug-likeness (QED) is 0.741. The van der Waals surface area contributed by atoms with Crippen molar-refractivity contribution in [2.75, 3.05) is 6.61 Å². The molecule has 0 aliphatic heterocycles. The van der Waals surface area contributed by atoms with E-state index >= 15 is 0 Å². The van der Waals surface area contributed by atoms with Gasteiger partial charge < -0.3 is 10.1 Å². The van der Waals surface area contributed by atoms with Crippen molar-refractivity contribution < 1.29 is 9.13 Å². The lowest BCUT2D eigenvalue weighted by atomic mass is 10.2. The number of hydrogen-bond acceptors (Lipinski definition) is 3. The molecule has 94 valence electrons. The van der Waals surface area contributed by atoms with E-state index in [4.69, 9.17) is 4.74 Å². The van der Waals surface area contributed by atoms with Gasteiger partial charge in [0.2, 0.25) is 5.88 Å². The van der Waals surface area contributed by atoms with Crippen molar-refractivity contribution in [3.63, 3.8) is 0 Å². The predicted molar refractivity (Wildman–Crippen MR) is 64.5 cm³/mol. The van der Waals surface area contributed by atoms with Gasteiger partial charge in [-0.3, -0.25) is 0 Å². The summed E-state index contributed by atoms with van der Waals surface area (Å²) in [6.45, 7) is 3.39. The molecule has 1 saturated carbocycles. The number of ether oxygens (including phenoxy) is 1. The molecule has 0 aromatic carbocycles. The molecule has 1 aromatic heterocycles. The van der Waals surface area contributed by atoms with Crippen molar-refractivity contribution >= 4 is 0 Å². The van der Waals surface area contributed by atoms with Gasteiger partial charge in [-0.1, -0.05) is 13.3 Å². The number of pyridine rings is 1. The summed E-state index contributed by atoms with van der Waals surface area (Å²) in [6, 6.07) is 2.10. The van der Waals surface area contributed by atoms with Gasteiger partial charge in [0.1, 0.15) is 5.82 Å². The Morgan fingerprint density at radius 1 is 1.53 bits per heavy atom. The van der Waals surface area contributed by atoms with E-state index in [1.807, 2.05) is 0 Å². The van der Waals surface area contributed by atoms with Gasteiger partial charge in [0.05, 0.1) is 12.8 Å². The SMILES string of the molecule is CCCCOc1ncc(F)cc1CNC1CC1. The van der Waals surface area contributed by atoms with E-state index in [2.05, 4.69) is 17.2 Å². The standard InChI is InChI=1S/C13H19FN2O/c1-2-3-6-17-13-10(7-11(14)9-16-13)8-15-12-4-5-12/h7,9,12,15H,2-6,8H2,1H3. The molecule has 0 spiro atoms. The van der Waals surface area contributed by atoms with Crippen LogP contribution in [0.5, 0.6) is 5.88 Å². The van der Waals surface area contributed by atoms with Crippen LogP contribution >= 0.6 is 0 Å². The number of rotatable bonds is 7. The van der Waals surface area contributed by atoms with Crippen molar-refractivity contribution in [1.29, 1.82) is 0 Å². The molecule has 0 atom stereocenters. The molecule has 17 heavy (non-hydrogen) atoms. The molecule has 0 saturated heterocycles. The highest BCUT2D eigenvalue weighted by Crippen LogP contribution is 2.22. The van der Waals surface area contributed by atoms with Crippen LogP contribution < -0.4 is 10.1 Å². The molecule has 4 heteroatoms. The van der Waals surface area contributed by atoms with Crippen LogP contribution in [0.15, 0.2) is 12.3 Å². The summed E-state index contributed by atoms with van der Waals surface area (Å²) >= 11 is 0. The second-order valence-corrected chi connectivity index (χ2v) is 4.48. The van der Waals surface area contributed by atoms with Gasteiger partial charge in [0.15, 0.2) is 0 Å². The Morgan fingerprint density at radius 3 is 3.06 bits per heavy atom. The first-order valence-electron chi connectivity index (χ1n) is 6.30. The lowest BCUT2D eigenvalue weighted by Gasteiger charge is -2.10. The average molecular weight is 238 g/mol. The minimum Gasteiger partial charge on any atom is -0.477 e. The lowest BCUT2D eigenvalue weighted by molar-refractivity contribution is 0.292. The molecule has 0 radical (unpaired) electrons. The molecular weight excluding hydrogens is 219 g/mol. The van der Waals surface area contributed by atoms with E-state index in [0.717, 1.165) is 18.4 Å². The zero-order valence-electron chi connectivity index (χ0n) is 10.2. The highest BCUT2D eigenvalue weighted by molar-refractivity contribution is 5.26. The normalized spacial score (nSPS) is 14.9. The van der Waals surface area contributed by atoms with Crippen LogP contribution in [0.25, 0.3) is 0 Å². The molecule has 1 aromatic rings. The van der Waals surface area contributed by atoms with Gasteiger partial charge >= 0.3 is 0 Å². The summed E-state index contributed by atoms with van der Waals surface area (Å²) < 4.78 is 18.7. The number of aromatic nitrogens is 1. The van der Waals surface area contributed by atoms with Gasteiger partial charge in [-0.15, -0.1) is 0 Å². The third-order valence-corrected chi connectivity index (χ3v) is 2.79. The van der Waals surface area contributed by atoms with Crippen LogP contribution in [0.1, 0.15) is 38.2 Å². The number of unbranched alkanes of at least 4 members (excludes halogenated alkanes) is 1. The van der Waals surface area contributed by atoms with Crippen molar-refractivity contribution in [3.05, 3.63) is 23.6 Å². The molecule has 1 heterocycles. The molecule has 1 N–H and O–H groups in total. The van der Waals surface area contributed by atoms with Crippen LogP contribution in [0.3, 0.4) is 0 Å². The van der Waals surface area contributed by atoms with Crippen LogP contribution in [0.2, 0.25) is 0 Å². The zero-order chi connectivity index (χ0) is 12.1. The molecule has 0 unspecified atom stereocenters. The van der Waals surface area contributed by atoms with Crippen LogP contribution in [-0.4, -0.2) is 17.6 Å². The van der Waals surface area contributed by atoms with E-state index in [9.17, 15) is 4.39 Å². The van der Waals surface area contributed by atoms with Crippen molar-refractivity contribution in [1.82, 2.24) is 10.3 Å². The first-order chi connectivity index (χ1) is 8.29. The monoisotopic (exact) mass is 238 g/mol. The predicted octanol–water partition coefficient (Wildman–Crippen LogP) is 2.65. The highest BCUT2D eigenvalue weighted by atomic mass is 19.1. The van der Waals surface area contributed by atoms with E-state index in [0.29, 0.717) is 25.1 Å². The fourth-order valence-corrected chi connectivity index (χ4v) is 1.58. The van der Waals surface area contributed by atoms with Crippen LogP contribution in [0.4, 0.5) is 4.39 Å². The summed E-state index contributed by atoms with van der Waals surface area (Å²) in [7, 11) is 0. The molecule has 1 aliphatic rings. The Kier molecular flexibility index (Phi) is 4.31. The number of nitrogens with zero attached hydrogens (tertiary/aromatic N) is 1. The summed E-state index contributed by atoms with van der Waals surface area (Å²) in [5.74, 6) is 0.258. The van der Waals surface area contributed by atoms with Crippen molar-refractivity contribution in [2.45, 2.75) is 45.2 Å². The van der Waals surface area contributed by atoms with Crippen molar-refractivity contribution in [3.8, 4) is 5.88 Å². The van der Waals surface area contributed by atoms with E-state index in [1.165, 1.54) is 25.1 Å². The number of hydrogen-bond donors (Lipinski definition) is 1. The fourth-order valence-electron chi connectivity index (χ4n) is 1.58. The maximum absolute atomic E-state index is 13.1. The maximum Gasteiger partial charge on any atom is 0.218 e. The zero-order valence-corrected chi connectivity index (χ0v) is 10.2. The van der Waals surface area contributed by atoms with E-state index in [-0.39, 0.29) is 5.82 Å². The fraction of sp³-hybridized carbons (Fsp3) is 0.615. The third-order valence-electron chi connectivity index (χ3n) is 2.79. The molecule has 0 amide bonds. The second-order valence-electron chi connectivity index (χ2n) is 4.48. The minimum absolute atomic E-state index is 0.305. The highest BCUT2D eigenvalue weighted by Gasteiger charge is 2.21. The largest absolute Gasteiger partial charge is 0.477 e.